The first kappa shape index (κ1) is 23.8. The zero-order valence-corrected chi connectivity index (χ0v) is 21.3. The van der Waals surface area contributed by atoms with E-state index in [2.05, 4.69) is 0 Å². The molecule has 0 bridgehead atoms. The van der Waals surface area contributed by atoms with E-state index in [0.29, 0.717) is 20.4 Å². The predicted octanol–water partition coefficient (Wildman–Crippen LogP) is 4.31. The van der Waals surface area contributed by atoms with Crippen LogP contribution >= 0.6 is 35.7 Å². The molecule has 1 saturated carbocycles. The van der Waals surface area contributed by atoms with Gasteiger partial charge in [-0.15, -0.1) is 0 Å². The van der Waals surface area contributed by atoms with Crippen molar-refractivity contribution in [3.63, 3.8) is 0 Å². The molecule has 1 aromatic carbocycles. The number of thioether (sulfide) groups is 2. The molecular weight excluding hydrogens is 482 g/mol. The average molecular weight is 506 g/mol. The topological polar surface area (TPSA) is 82.1 Å². The number of ether oxygens (including phenoxy) is 3. The van der Waals surface area contributed by atoms with Gasteiger partial charge in [0.2, 0.25) is 5.91 Å². The molecule has 174 valence electrons. The van der Waals surface area contributed by atoms with Gasteiger partial charge in [-0.05, 0) is 44.9 Å². The number of nitrogens with zero attached hydrogens (tertiary/aromatic N) is 1. The Balaban J connectivity index is 1.92. The van der Waals surface area contributed by atoms with Crippen molar-refractivity contribution in [3.05, 3.63) is 37.8 Å². The second-order valence-corrected chi connectivity index (χ2v) is 10.9. The van der Waals surface area contributed by atoms with E-state index in [1.54, 1.807) is 12.0 Å². The summed E-state index contributed by atoms with van der Waals surface area (Å²) >= 11 is 8.21. The molecule has 1 amide bonds. The number of amides is 1. The zero-order chi connectivity index (χ0) is 24.1. The van der Waals surface area contributed by atoms with Crippen molar-refractivity contribution >= 4 is 69.7 Å². The number of rotatable bonds is 4. The Morgan fingerprint density at radius 1 is 1.03 bits per heavy atom. The van der Waals surface area contributed by atoms with Gasteiger partial charge >= 0.3 is 11.9 Å². The minimum atomic E-state index is -0.792. The molecule has 0 saturated heterocycles. The van der Waals surface area contributed by atoms with Crippen molar-refractivity contribution in [2.75, 3.05) is 26.2 Å². The molecule has 0 N–H and O–H groups in total. The summed E-state index contributed by atoms with van der Waals surface area (Å²) in [7, 11) is 4.09. The van der Waals surface area contributed by atoms with Gasteiger partial charge in [0.15, 0.2) is 0 Å². The van der Waals surface area contributed by atoms with Crippen molar-refractivity contribution in [1.29, 1.82) is 0 Å². The van der Waals surface area contributed by atoms with Gasteiger partial charge in [-0.25, -0.2) is 9.59 Å². The number of hydrogen-bond acceptors (Lipinski definition) is 9. The lowest BCUT2D eigenvalue weighted by atomic mass is 9.83. The molecule has 7 nitrogen and oxygen atoms in total. The summed E-state index contributed by atoms with van der Waals surface area (Å²) in [5.74, 6) is -0.588. The Kier molecular flexibility index (Phi) is 6.36. The summed E-state index contributed by atoms with van der Waals surface area (Å²) in [5.41, 5.74) is 1.35. The van der Waals surface area contributed by atoms with E-state index < -0.39 is 17.5 Å². The van der Waals surface area contributed by atoms with Crippen LogP contribution in [0.25, 0.3) is 5.57 Å². The summed E-state index contributed by atoms with van der Waals surface area (Å²) in [6, 6.07) is 5.51. The van der Waals surface area contributed by atoms with Gasteiger partial charge < -0.3 is 19.1 Å². The Labute approximate surface area is 205 Å². The van der Waals surface area contributed by atoms with E-state index in [4.69, 9.17) is 26.4 Å². The highest BCUT2D eigenvalue weighted by Gasteiger charge is 2.49. The fourth-order valence-corrected chi connectivity index (χ4v) is 6.87. The highest BCUT2D eigenvalue weighted by molar-refractivity contribution is 8.29. The number of carbonyl (C=O) groups is 3. The predicted molar refractivity (Wildman–Crippen MR) is 133 cm³/mol. The van der Waals surface area contributed by atoms with Gasteiger partial charge in [0.05, 0.1) is 41.7 Å². The normalized spacial score (nSPS) is 19.4. The zero-order valence-electron chi connectivity index (χ0n) is 18.8. The summed E-state index contributed by atoms with van der Waals surface area (Å²) < 4.78 is 15.9. The fourth-order valence-electron chi connectivity index (χ4n) is 3.83. The van der Waals surface area contributed by atoms with E-state index in [9.17, 15) is 14.4 Å². The molecule has 0 radical (unpaired) electrons. The summed E-state index contributed by atoms with van der Waals surface area (Å²) in [5, 5.41) is 0. The second kappa shape index (κ2) is 8.81. The molecule has 1 aliphatic carbocycles. The third-order valence-corrected chi connectivity index (χ3v) is 9.01. The van der Waals surface area contributed by atoms with Gasteiger partial charge in [-0.2, -0.15) is 0 Å². The van der Waals surface area contributed by atoms with Crippen LogP contribution in [0, 0.1) is 5.92 Å². The molecular formula is C23H23NO6S3. The number of methoxy groups -OCH3 is 3. The van der Waals surface area contributed by atoms with Crippen molar-refractivity contribution in [1.82, 2.24) is 0 Å². The van der Waals surface area contributed by atoms with Gasteiger partial charge in [-0.1, -0.05) is 35.7 Å². The van der Waals surface area contributed by atoms with Gasteiger partial charge in [0, 0.05) is 17.1 Å². The standard InChI is InChI=1S/C23H23NO6S3/c1-23(2)18(31)15(22-32-16(20(26)29-4)17(33-22)21(27)30-5)13-10-12(28-3)8-9-14(13)24(23)19(25)11-6-7-11/h8-11H,6-7H2,1-5H3. The van der Waals surface area contributed by atoms with Crippen LogP contribution in [-0.4, -0.2) is 49.6 Å². The van der Waals surface area contributed by atoms with Crippen LogP contribution < -0.4 is 9.64 Å². The SMILES string of the molecule is COC(=O)C1=C(C(=O)OC)SC(=C2C(=S)C(C)(C)N(C(=O)C3CC3)c3ccc(OC)cc32)S1. The monoisotopic (exact) mass is 505 g/mol. The van der Waals surface area contributed by atoms with Crippen LogP contribution in [-0.2, 0) is 23.9 Å². The lowest BCUT2D eigenvalue weighted by molar-refractivity contribution is -0.138. The lowest BCUT2D eigenvalue weighted by Gasteiger charge is -2.45. The highest BCUT2D eigenvalue weighted by Crippen LogP contribution is 2.56. The minimum Gasteiger partial charge on any atom is -0.497 e. The summed E-state index contributed by atoms with van der Waals surface area (Å²) in [6.45, 7) is 3.84. The Morgan fingerprint density at radius 2 is 1.61 bits per heavy atom. The first-order chi connectivity index (χ1) is 15.6. The first-order valence-corrected chi connectivity index (χ1v) is 12.3. The maximum absolute atomic E-state index is 13.3. The van der Waals surface area contributed by atoms with Crippen LogP contribution in [0.2, 0.25) is 0 Å². The second-order valence-electron chi connectivity index (χ2n) is 8.23. The van der Waals surface area contributed by atoms with Crippen LogP contribution in [0.3, 0.4) is 0 Å². The molecule has 2 aliphatic heterocycles. The van der Waals surface area contributed by atoms with Crippen LogP contribution in [0.15, 0.2) is 32.2 Å². The molecule has 33 heavy (non-hydrogen) atoms. The largest absolute Gasteiger partial charge is 0.497 e. The minimum absolute atomic E-state index is 0.00461. The third kappa shape index (κ3) is 3.98. The Hall–Kier alpha value is -2.30. The van der Waals surface area contributed by atoms with Crippen molar-refractivity contribution < 1.29 is 28.6 Å². The molecule has 0 unspecified atom stereocenters. The number of esters is 2. The van der Waals surface area contributed by atoms with Crippen molar-refractivity contribution in [2.24, 2.45) is 5.92 Å². The Bertz CT molecular complexity index is 1120. The van der Waals surface area contributed by atoms with E-state index in [-0.39, 0.29) is 21.6 Å². The van der Waals surface area contributed by atoms with Crippen molar-refractivity contribution in [2.45, 2.75) is 32.2 Å². The number of fused-ring (bicyclic) bond motifs is 1. The molecule has 0 aromatic heterocycles. The summed E-state index contributed by atoms with van der Waals surface area (Å²) in [4.78, 5) is 40.7. The van der Waals surface area contributed by atoms with Gasteiger partial charge in [0.25, 0.3) is 0 Å². The maximum atomic E-state index is 13.3. The third-order valence-electron chi connectivity index (χ3n) is 5.74. The number of carbonyl (C=O) groups excluding carboxylic acids is 3. The smallest absolute Gasteiger partial charge is 0.346 e. The molecule has 2 heterocycles. The molecule has 1 aromatic rings. The number of thiocarbonyl (C=S) groups is 1. The average Bonchev–Trinajstić information content (AvgIpc) is 3.57. The van der Waals surface area contributed by atoms with Crippen LogP contribution in [0.5, 0.6) is 5.75 Å². The molecule has 0 spiro atoms. The van der Waals surface area contributed by atoms with Crippen LogP contribution in [0.1, 0.15) is 32.3 Å². The quantitative estimate of drug-likeness (QED) is 0.338. The molecule has 3 aliphatic rings. The van der Waals surface area contributed by atoms with Crippen molar-refractivity contribution in [3.8, 4) is 5.75 Å². The molecule has 10 heteroatoms. The summed E-state index contributed by atoms with van der Waals surface area (Å²) in [6.07, 6.45) is 1.75. The Morgan fingerprint density at radius 3 is 2.09 bits per heavy atom. The van der Waals surface area contributed by atoms with Crippen LogP contribution in [0.4, 0.5) is 5.69 Å². The van der Waals surface area contributed by atoms with Gasteiger partial charge in [-0.3, -0.25) is 4.79 Å². The number of hydrogen-bond donors (Lipinski definition) is 0. The molecule has 0 atom stereocenters. The van der Waals surface area contributed by atoms with E-state index in [1.807, 2.05) is 32.0 Å². The van der Waals surface area contributed by atoms with E-state index in [0.717, 1.165) is 47.6 Å². The first-order valence-electron chi connectivity index (χ1n) is 10.2. The van der Waals surface area contributed by atoms with E-state index in [1.165, 1.54) is 14.2 Å². The number of anilines is 1. The van der Waals surface area contributed by atoms with Gasteiger partial charge in [0.1, 0.15) is 15.6 Å². The lowest BCUT2D eigenvalue weighted by Crippen LogP contribution is -2.56. The fraction of sp³-hybridized carbons (Fsp3) is 0.391. The molecule has 1 fully saturated rings. The maximum Gasteiger partial charge on any atom is 0.346 e. The number of benzene rings is 1. The molecule has 4 rings (SSSR count). The highest BCUT2D eigenvalue weighted by atomic mass is 32.2. The van der Waals surface area contributed by atoms with E-state index >= 15 is 0 Å².